The SMILES string of the molecule is CN(CC1CC1)C(=O)CCCCC(=O)O. The van der Waals surface area contributed by atoms with Gasteiger partial charge in [-0.25, -0.2) is 0 Å². The maximum atomic E-state index is 11.5. The minimum absolute atomic E-state index is 0.146. The van der Waals surface area contributed by atoms with E-state index in [-0.39, 0.29) is 12.3 Å². The van der Waals surface area contributed by atoms with Crippen LogP contribution in [0.5, 0.6) is 0 Å². The monoisotopic (exact) mass is 213 g/mol. The molecular formula is C11H19NO3. The number of aliphatic carboxylic acids is 1. The number of nitrogens with zero attached hydrogens (tertiary/aromatic N) is 1. The number of carboxylic acid groups (broad SMARTS) is 1. The van der Waals surface area contributed by atoms with E-state index in [2.05, 4.69) is 0 Å². The van der Waals surface area contributed by atoms with Gasteiger partial charge in [0.05, 0.1) is 0 Å². The second kappa shape index (κ2) is 5.73. The Morgan fingerprint density at radius 2 is 1.87 bits per heavy atom. The molecule has 0 aromatic heterocycles. The molecule has 0 aromatic carbocycles. The van der Waals surface area contributed by atoms with Crippen LogP contribution < -0.4 is 0 Å². The zero-order chi connectivity index (χ0) is 11.3. The van der Waals surface area contributed by atoms with Crippen LogP contribution in [0.25, 0.3) is 0 Å². The minimum atomic E-state index is -0.784. The Hall–Kier alpha value is -1.06. The molecule has 0 aromatic rings. The van der Waals surface area contributed by atoms with Gasteiger partial charge in [0.25, 0.3) is 0 Å². The minimum Gasteiger partial charge on any atom is -0.481 e. The van der Waals surface area contributed by atoms with E-state index in [0.717, 1.165) is 12.5 Å². The first-order chi connectivity index (χ1) is 7.09. The van der Waals surface area contributed by atoms with Gasteiger partial charge in [-0.3, -0.25) is 9.59 Å². The molecule has 1 N–H and O–H groups in total. The van der Waals surface area contributed by atoms with Crippen molar-refractivity contribution in [2.75, 3.05) is 13.6 Å². The highest BCUT2D eigenvalue weighted by Crippen LogP contribution is 2.29. The number of unbranched alkanes of at least 4 members (excludes halogenated alkanes) is 1. The van der Waals surface area contributed by atoms with Crippen molar-refractivity contribution in [2.45, 2.75) is 38.5 Å². The van der Waals surface area contributed by atoms with Crippen molar-refractivity contribution in [3.05, 3.63) is 0 Å². The van der Waals surface area contributed by atoms with E-state index < -0.39 is 5.97 Å². The highest BCUT2D eigenvalue weighted by Gasteiger charge is 2.24. The molecule has 1 saturated carbocycles. The number of carbonyl (C=O) groups excluding carboxylic acids is 1. The standard InChI is InChI=1S/C11H19NO3/c1-12(8-9-6-7-9)10(13)4-2-3-5-11(14)15/h9H,2-8H2,1H3,(H,14,15). The Morgan fingerprint density at radius 1 is 1.27 bits per heavy atom. The lowest BCUT2D eigenvalue weighted by molar-refractivity contribution is -0.137. The Balaban J connectivity index is 2.03. The molecule has 0 atom stereocenters. The fraction of sp³-hybridized carbons (Fsp3) is 0.818. The molecule has 1 fully saturated rings. The quantitative estimate of drug-likeness (QED) is 0.652. The zero-order valence-electron chi connectivity index (χ0n) is 9.24. The molecule has 0 bridgehead atoms. The topological polar surface area (TPSA) is 57.6 Å². The van der Waals surface area contributed by atoms with Crippen molar-refractivity contribution in [3.63, 3.8) is 0 Å². The second-order valence-corrected chi connectivity index (χ2v) is 4.32. The van der Waals surface area contributed by atoms with E-state index in [4.69, 9.17) is 5.11 Å². The molecule has 1 aliphatic carbocycles. The van der Waals surface area contributed by atoms with Crippen LogP contribution in [0.4, 0.5) is 0 Å². The van der Waals surface area contributed by atoms with Crippen molar-refractivity contribution < 1.29 is 14.7 Å². The lowest BCUT2D eigenvalue weighted by atomic mass is 10.2. The molecule has 0 spiro atoms. The van der Waals surface area contributed by atoms with Crippen molar-refractivity contribution in [3.8, 4) is 0 Å². The molecule has 0 unspecified atom stereocenters. The van der Waals surface area contributed by atoms with Crippen LogP contribution >= 0.6 is 0 Å². The van der Waals surface area contributed by atoms with Gasteiger partial charge in [0, 0.05) is 26.4 Å². The summed E-state index contributed by atoms with van der Waals surface area (Å²) in [5.41, 5.74) is 0. The number of hydrogen-bond donors (Lipinski definition) is 1. The number of carboxylic acids is 1. The van der Waals surface area contributed by atoms with E-state index in [1.165, 1.54) is 12.8 Å². The van der Waals surface area contributed by atoms with Gasteiger partial charge in [-0.05, 0) is 31.6 Å². The third kappa shape index (κ3) is 5.40. The van der Waals surface area contributed by atoms with Gasteiger partial charge in [0.2, 0.25) is 5.91 Å². The zero-order valence-corrected chi connectivity index (χ0v) is 9.24. The molecular weight excluding hydrogens is 194 g/mol. The molecule has 0 radical (unpaired) electrons. The van der Waals surface area contributed by atoms with Gasteiger partial charge < -0.3 is 10.0 Å². The van der Waals surface area contributed by atoms with Gasteiger partial charge in [-0.2, -0.15) is 0 Å². The molecule has 1 aliphatic rings. The van der Waals surface area contributed by atoms with Crippen LogP contribution in [0, 0.1) is 5.92 Å². The fourth-order valence-electron chi connectivity index (χ4n) is 1.53. The molecule has 86 valence electrons. The van der Waals surface area contributed by atoms with E-state index in [1.54, 1.807) is 4.90 Å². The predicted molar refractivity (Wildman–Crippen MR) is 56.5 cm³/mol. The maximum Gasteiger partial charge on any atom is 0.303 e. The number of amides is 1. The van der Waals surface area contributed by atoms with E-state index in [0.29, 0.717) is 19.3 Å². The summed E-state index contributed by atoms with van der Waals surface area (Å²) in [5, 5.41) is 8.42. The molecule has 0 heterocycles. The molecule has 4 nitrogen and oxygen atoms in total. The van der Waals surface area contributed by atoms with E-state index >= 15 is 0 Å². The molecule has 4 heteroatoms. The molecule has 15 heavy (non-hydrogen) atoms. The molecule has 0 aliphatic heterocycles. The summed E-state index contributed by atoms with van der Waals surface area (Å²) < 4.78 is 0. The largest absolute Gasteiger partial charge is 0.481 e. The van der Waals surface area contributed by atoms with E-state index in [9.17, 15) is 9.59 Å². The summed E-state index contributed by atoms with van der Waals surface area (Å²) in [5.74, 6) is 0.0824. The maximum absolute atomic E-state index is 11.5. The molecule has 0 saturated heterocycles. The van der Waals surface area contributed by atoms with Crippen molar-refractivity contribution in [1.82, 2.24) is 4.90 Å². The lowest BCUT2D eigenvalue weighted by Crippen LogP contribution is -2.28. The van der Waals surface area contributed by atoms with Crippen LogP contribution in [0.2, 0.25) is 0 Å². The summed E-state index contributed by atoms with van der Waals surface area (Å²) in [4.78, 5) is 23.5. The number of hydrogen-bond acceptors (Lipinski definition) is 2. The smallest absolute Gasteiger partial charge is 0.303 e. The summed E-state index contributed by atoms with van der Waals surface area (Å²) in [6, 6.07) is 0. The van der Waals surface area contributed by atoms with Crippen LogP contribution in [0.15, 0.2) is 0 Å². The Labute approximate surface area is 90.3 Å². The number of rotatable bonds is 7. The Kier molecular flexibility index (Phi) is 4.59. The first-order valence-corrected chi connectivity index (χ1v) is 5.55. The molecule has 1 rings (SSSR count). The van der Waals surface area contributed by atoms with E-state index in [1.807, 2.05) is 7.05 Å². The van der Waals surface area contributed by atoms with Gasteiger partial charge >= 0.3 is 5.97 Å². The third-order valence-electron chi connectivity index (χ3n) is 2.69. The third-order valence-corrected chi connectivity index (χ3v) is 2.69. The van der Waals surface area contributed by atoms with Gasteiger partial charge in [-0.15, -0.1) is 0 Å². The van der Waals surface area contributed by atoms with Crippen molar-refractivity contribution in [2.24, 2.45) is 5.92 Å². The molecule has 1 amide bonds. The number of carbonyl (C=O) groups is 2. The lowest BCUT2D eigenvalue weighted by Gasteiger charge is -2.16. The van der Waals surface area contributed by atoms with Crippen LogP contribution in [0.1, 0.15) is 38.5 Å². The highest BCUT2D eigenvalue weighted by molar-refractivity contribution is 5.75. The van der Waals surface area contributed by atoms with Crippen molar-refractivity contribution in [1.29, 1.82) is 0 Å². The summed E-state index contributed by atoms with van der Waals surface area (Å²) in [7, 11) is 1.83. The Morgan fingerprint density at radius 3 is 2.40 bits per heavy atom. The van der Waals surface area contributed by atoms with Crippen LogP contribution in [0.3, 0.4) is 0 Å². The average Bonchev–Trinajstić information content (AvgIpc) is 2.95. The second-order valence-electron chi connectivity index (χ2n) is 4.32. The first kappa shape index (κ1) is 12.0. The highest BCUT2D eigenvalue weighted by atomic mass is 16.4. The summed E-state index contributed by atoms with van der Waals surface area (Å²) in [6.07, 6.45) is 4.42. The predicted octanol–water partition coefficient (Wildman–Crippen LogP) is 1.50. The van der Waals surface area contributed by atoms with Crippen LogP contribution in [-0.4, -0.2) is 35.5 Å². The fourth-order valence-corrected chi connectivity index (χ4v) is 1.53. The van der Waals surface area contributed by atoms with Gasteiger partial charge in [0.1, 0.15) is 0 Å². The summed E-state index contributed by atoms with van der Waals surface area (Å²) >= 11 is 0. The Bertz CT molecular complexity index is 236. The van der Waals surface area contributed by atoms with Crippen LogP contribution in [-0.2, 0) is 9.59 Å². The summed E-state index contributed by atoms with van der Waals surface area (Å²) in [6.45, 7) is 0.873. The van der Waals surface area contributed by atoms with Crippen molar-refractivity contribution >= 4 is 11.9 Å². The first-order valence-electron chi connectivity index (χ1n) is 5.55. The normalized spacial score (nSPS) is 15.0. The average molecular weight is 213 g/mol. The van der Waals surface area contributed by atoms with Gasteiger partial charge in [0.15, 0.2) is 0 Å². The van der Waals surface area contributed by atoms with Gasteiger partial charge in [-0.1, -0.05) is 0 Å².